The number of carbonyl (C=O) groups excluding carboxylic acids is 1. The number of nitrogens with zero attached hydrogens (tertiary/aromatic N) is 1. The molecule has 7 nitrogen and oxygen atoms in total. The van der Waals surface area contributed by atoms with E-state index >= 15 is 0 Å². The summed E-state index contributed by atoms with van der Waals surface area (Å²) < 4.78 is 25.5. The summed E-state index contributed by atoms with van der Waals surface area (Å²) in [5.74, 6) is -1.36. The van der Waals surface area contributed by atoms with E-state index in [-0.39, 0.29) is 17.2 Å². The fourth-order valence-corrected chi connectivity index (χ4v) is 2.56. The van der Waals surface area contributed by atoms with Gasteiger partial charge in [0, 0.05) is 13.5 Å². The Bertz CT molecular complexity index is 680. The molecule has 0 saturated heterocycles. The van der Waals surface area contributed by atoms with Gasteiger partial charge in [0.05, 0.1) is 4.90 Å². The van der Waals surface area contributed by atoms with Crippen LogP contribution in [-0.2, 0) is 26.0 Å². The van der Waals surface area contributed by atoms with Gasteiger partial charge in [-0.05, 0) is 45.0 Å². The first-order valence-corrected chi connectivity index (χ1v) is 8.53. The summed E-state index contributed by atoms with van der Waals surface area (Å²) >= 11 is 0. The summed E-state index contributed by atoms with van der Waals surface area (Å²) in [4.78, 5) is 24.6. The van der Waals surface area contributed by atoms with Crippen LogP contribution in [0.15, 0.2) is 29.2 Å². The lowest BCUT2D eigenvalue weighted by Gasteiger charge is -2.31. The highest BCUT2D eigenvalue weighted by atomic mass is 32.2. The highest BCUT2D eigenvalue weighted by molar-refractivity contribution is 7.89. The van der Waals surface area contributed by atoms with Crippen LogP contribution in [0.25, 0.3) is 0 Å². The second-order valence-electron chi connectivity index (χ2n) is 5.67. The molecule has 1 rings (SSSR count). The Morgan fingerprint density at radius 1 is 1.22 bits per heavy atom. The molecule has 1 aromatic rings. The van der Waals surface area contributed by atoms with Crippen molar-refractivity contribution in [2.24, 2.45) is 0 Å². The minimum absolute atomic E-state index is 0.144. The van der Waals surface area contributed by atoms with Crippen LogP contribution >= 0.6 is 0 Å². The molecule has 0 radical (unpaired) electrons. The fraction of sp³-hybridized carbons (Fsp3) is 0.467. The molecule has 23 heavy (non-hydrogen) atoms. The van der Waals surface area contributed by atoms with Gasteiger partial charge >= 0.3 is 5.97 Å². The molecule has 8 heteroatoms. The van der Waals surface area contributed by atoms with E-state index in [1.54, 1.807) is 12.1 Å². The number of carboxylic acids is 1. The maximum Gasteiger partial charge on any atom is 0.329 e. The molecule has 0 aliphatic rings. The lowest BCUT2D eigenvalue weighted by atomic mass is 10.0. The Labute approximate surface area is 136 Å². The minimum Gasteiger partial charge on any atom is -0.480 e. The summed E-state index contributed by atoms with van der Waals surface area (Å²) in [5, 5.41) is 9.12. The van der Waals surface area contributed by atoms with E-state index in [2.05, 4.69) is 4.72 Å². The Morgan fingerprint density at radius 2 is 1.74 bits per heavy atom. The summed E-state index contributed by atoms with van der Waals surface area (Å²) in [6, 6.07) is 6.22. The van der Waals surface area contributed by atoms with Crippen LogP contribution in [-0.4, -0.2) is 49.9 Å². The van der Waals surface area contributed by atoms with Gasteiger partial charge in [0.15, 0.2) is 0 Å². The molecule has 0 saturated carbocycles. The number of nitrogens with one attached hydrogen (secondary N) is 1. The average Bonchev–Trinajstić information content (AvgIpc) is 2.51. The second kappa shape index (κ2) is 7.10. The molecule has 1 amide bonds. The van der Waals surface area contributed by atoms with Gasteiger partial charge in [0.25, 0.3) is 0 Å². The molecule has 0 aliphatic heterocycles. The van der Waals surface area contributed by atoms with Crippen molar-refractivity contribution in [3.05, 3.63) is 29.8 Å². The van der Waals surface area contributed by atoms with Crippen molar-refractivity contribution in [1.29, 1.82) is 0 Å². The molecule has 0 heterocycles. The number of carbonyl (C=O) groups is 2. The van der Waals surface area contributed by atoms with E-state index in [0.717, 1.165) is 5.56 Å². The molecule has 0 unspecified atom stereocenters. The zero-order valence-corrected chi connectivity index (χ0v) is 14.5. The molecule has 0 aliphatic carbocycles. The van der Waals surface area contributed by atoms with Crippen molar-refractivity contribution in [3.8, 4) is 0 Å². The quantitative estimate of drug-likeness (QED) is 0.764. The van der Waals surface area contributed by atoms with Gasteiger partial charge in [-0.3, -0.25) is 4.79 Å². The Hall–Kier alpha value is -1.93. The van der Waals surface area contributed by atoms with Crippen LogP contribution in [0.3, 0.4) is 0 Å². The molecule has 2 N–H and O–H groups in total. The van der Waals surface area contributed by atoms with Gasteiger partial charge in [-0.1, -0.05) is 12.1 Å². The predicted molar refractivity (Wildman–Crippen MR) is 85.5 cm³/mol. The summed E-state index contributed by atoms with van der Waals surface area (Å²) in [6.45, 7) is 2.93. The Kier molecular flexibility index (Phi) is 5.90. The number of benzene rings is 1. The molecule has 0 atom stereocenters. The van der Waals surface area contributed by atoms with Crippen molar-refractivity contribution >= 4 is 21.9 Å². The van der Waals surface area contributed by atoms with Crippen LogP contribution in [0.1, 0.15) is 25.8 Å². The van der Waals surface area contributed by atoms with Crippen LogP contribution in [0.4, 0.5) is 0 Å². The third-order valence-electron chi connectivity index (χ3n) is 3.87. The molecular formula is C15H22N2O5S. The first-order chi connectivity index (χ1) is 10.5. The highest BCUT2D eigenvalue weighted by Gasteiger charge is 2.34. The van der Waals surface area contributed by atoms with Gasteiger partial charge in [0.1, 0.15) is 5.54 Å². The zero-order chi connectivity index (χ0) is 17.8. The Morgan fingerprint density at radius 3 is 2.17 bits per heavy atom. The molecule has 0 aromatic heterocycles. The van der Waals surface area contributed by atoms with Crippen molar-refractivity contribution in [1.82, 2.24) is 9.62 Å². The fourth-order valence-electron chi connectivity index (χ4n) is 1.83. The third-order valence-corrected chi connectivity index (χ3v) is 5.30. The lowest BCUT2D eigenvalue weighted by molar-refractivity contribution is -0.155. The molecule has 0 spiro atoms. The Balaban J connectivity index is 2.72. The molecule has 0 fully saturated rings. The van der Waals surface area contributed by atoms with E-state index in [1.807, 2.05) is 0 Å². The largest absolute Gasteiger partial charge is 0.480 e. The van der Waals surface area contributed by atoms with Crippen LogP contribution in [0, 0.1) is 0 Å². The van der Waals surface area contributed by atoms with Crippen molar-refractivity contribution in [2.45, 2.75) is 37.1 Å². The van der Waals surface area contributed by atoms with Gasteiger partial charge in [-0.2, -0.15) is 0 Å². The number of aliphatic carboxylic acids is 1. The first-order valence-electron chi connectivity index (χ1n) is 7.05. The normalized spacial score (nSPS) is 12.0. The monoisotopic (exact) mass is 342 g/mol. The minimum atomic E-state index is -3.48. The zero-order valence-electron chi connectivity index (χ0n) is 13.7. The molecular weight excluding hydrogens is 320 g/mol. The number of likely N-dealkylation sites (N-methyl/N-ethyl adjacent to an activating group) is 1. The van der Waals surface area contributed by atoms with Gasteiger partial charge < -0.3 is 10.0 Å². The molecule has 0 bridgehead atoms. The lowest BCUT2D eigenvalue weighted by Crippen LogP contribution is -2.50. The van der Waals surface area contributed by atoms with Gasteiger partial charge in [0.2, 0.25) is 15.9 Å². The summed E-state index contributed by atoms with van der Waals surface area (Å²) in [7, 11) is -0.686. The topological polar surface area (TPSA) is 104 Å². The maximum absolute atomic E-state index is 12.1. The number of sulfonamides is 1. The number of aryl methyl sites for hydroxylation is 1. The summed E-state index contributed by atoms with van der Waals surface area (Å²) in [6.07, 6.45) is 0.546. The van der Waals surface area contributed by atoms with E-state index in [0.29, 0.717) is 6.42 Å². The number of hydrogen-bond donors (Lipinski definition) is 2. The number of rotatable bonds is 7. The van der Waals surface area contributed by atoms with E-state index in [1.165, 1.54) is 45.0 Å². The maximum atomic E-state index is 12.1. The van der Waals surface area contributed by atoms with E-state index < -0.39 is 21.5 Å². The van der Waals surface area contributed by atoms with Crippen LogP contribution in [0.2, 0.25) is 0 Å². The van der Waals surface area contributed by atoms with Crippen molar-refractivity contribution < 1.29 is 23.1 Å². The smallest absolute Gasteiger partial charge is 0.329 e. The SMILES string of the molecule is CNS(=O)(=O)c1ccc(CCC(=O)N(C)C(C)(C)C(=O)O)cc1. The standard InChI is InChI=1S/C15H22N2O5S/c1-15(2,14(19)20)17(4)13(18)10-7-11-5-8-12(9-6-11)23(21,22)16-3/h5-6,8-9,16H,7,10H2,1-4H3,(H,19,20). The average molecular weight is 342 g/mol. The van der Waals surface area contributed by atoms with Gasteiger partial charge in [-0.25, -0.2) is 17.9 Å². The number of carboxylic acid groups (broad SMARTS) is 1. The molecule has 128 valence electrons. The van der Waals surface area contributed by atoms with E-state index in [9.17, 15) is 18.0 Å². The molecule has 1 aromatic carbocycles. The second-order valence-corrected chi connectivity index (χ2v) is 7.55. The highest BCUT2D eigenvalue weighted by Crippen LogP contribution is 2.16. The van der Waals surface area contributed by atoms with Crippen LogP contribution < -0.4 is 4.72 Å². The van der Waals surface area contributed by atoms with Gasteiger partial charge in [-0.15, -0.1) is 0 Å². The van der Waals surface area contributed by atoms with E-state index in [4.69, 9.17) is 5.11 Å². The van der Waals surface area contributed by atoms with Crippen molar-refractivity contribution in [2.75, 3.05) is 14.1 Å². The summed E-state index contributed by atoms with van der Waals surface area (Å²) in [5.41, 5.74) is -0.475. The first kappa shape index (κ1) is 19.1. The third kappa shape index (κ3) is 4.52. The number of amides is 1. The van der Waals surface area contributed by atoms with Crippen molar-refractivity contribution in [3.63, 3.8) is 0 Å². The predicted octanol–water partition coefficient (Wildman–Crippen LogP) is 0.849. The van der Waals surface area contributed by atoms with Crippen LogP contribution in [0.5, 0.6) is 0 Å². The number of hydrogen-bond acceptors (Lipinski definition) is 4.